The van der Waals surface area contributed by atoms with Gasteiger partial charge in [0.25, 0.3) is 0 Å². The molecule has 0 N–H and O–H groups in total. The minimum absolute atomic E-state index is 0.214. The van der Waals surface area contributed by atoms with Gasteiger partial charge in [0.15, 0.2) is 0 Å². The lowest BCUT2D eigenvalue weighted by Gasteiger charge is -2.26. The molecule has 2 nitrogen and oxygen atoms in total. The Labute approximate surface area is 111 Å². The summed E-state index contributed by atoms with van der Waals surface area (Å²) >= 11 is 3.39. The Bertz CT molecular complexity index is 357. The van der Waals surface area contributed by atoms with Crippen LogP contribution < -0.4 is 0 Å². The lowest BCUT2D eigenvalue weighted by molar-refractivity contribution is 0.125. The van der Waals surface area contributed by atoms with Gasteiger partial charge in [-0.2, -0.15) is 0 Å². The summed E-state index contributed by atoms with van der Waals surface area (Å²) in [7, 11) is 1.70. The van der Waals surface area contributed by atoms with Crippen LogP contribution in [0.2, 0.25) is 0 Å². The monoisotopic (exact) mass is 303 g/mol. The van der Waals surface area contributed by atoms with Gasteiger partial charge < -0.3 is 4.74 Å². The van der Waals surface area contributed by atoms with Gasteiger partial charge in [-0.1, -0.05) is 22.0 Å². The van der Waals surface area contributed by atoms with E-state index in [1.54, 1.807) is 7.11 Å². The second kappa shape index (κ2) is 7.09. The second-order valence-corrected chi connectivity index (χ2v) is 5.15. The van der Waals surface area contributed by atoms with Crippen molar-refractivity contribution >= 4 is 15.9 Å². The maximum Gasteiger partial charge on any atom is 0.124 e. The van der Waals surface area contributed by atoms with Gasteiger partial charge in [-0.05, 0) is 31.5 Å². The molecule has 0 radical (unpaired) electrons. The highest BCUT2D eigenvalue weighted by atomic mass is 79.9. The number of benzene rings is 1. The summed E-state index contributed by atoms with van der Waals surface area (Å²) in [6, 6.07) is 5.25. The molecule has 0 atom stereocenters. The third-order valence-corrected chi connectivity index (χ3v) is 3.44. The van der Waals surface area contributed by atoms with Gasteiger partial charge in [0, 0.05) is 30.7 Å². The Kier molecular flexibility index (Phi) is 6.09. The summed E-state index contributed by atoms with van der Waals surface area (Å²) in [6.07, 6.45) is 0. The van der Waals surface area contributed by atoms with Crippen LogP contribution >= 0.6 is 15.9 Å². The number of rotatable bonds is 6. The Morgan fingerprint density at radius 1 is 1.41 bits per heavy atom. The predicted molar refractivity (Wildman–Crippen MR) is 71.5 cm³/mol. The first-order valence-corrected chi connectivity index (χ1v) is 6.50. The molecular formula is C13H19BrFNO. The van der Waals surface area contributed by atoms with E-state index < -0.39 is 0 Å². The number of halogens is 2. The SMILES string of the molecule is COCCN(Cc1ccc(F)cc1Br)C(C)C. The minimum atomic E-state index is -0.214. The normalized spacial score (nSPS) is 11.5. The van der Waals surface area contributed by atoms with E-state index in [0.717, 1.165) is 23.1 Å². The van der Waals surface area contributed by atoms with Crippen molar-refractivity contribution in [2.45, 2.75) is 26.4 Å². The van der Waals surface area contributed by atoms with Gasteiger partial charge in [0.05, 0.1) is 6.61 Å². The molecule has 96 valence electrons. The van der Waals surface area contributed by atoms with Crippen molar-refractivity contribution in [3.05, 3.63) is 34.1 Å². The molecule has 17 heavy (non-hydrogen) atoms. The van der Waals surface area contributed by atoms with Crippen LogP contribution in [-0.4, -0.2) is 31.2 Å². The molecular weight excluding hydrogens is 285 g/mol. The quantitative estimate of drug-likeness (QED) is 0.798. The van der Waals surface area contributed by atoms with Crippen LogP contribution in [0.5, 0.6) is 0 Å². The zero-order valence-corrected chi connectivity index (χ0v) is 12.1. The van der Waals surface area contributed by atoms with E-state index in [2.05, 4.69) is 34.7 Å². The Morgan fingerprint density at radius 3 is 2.65 bits per heavy atom. The number of ether oxygens (including phenoxy) is 1. The molecule has 0 spiro atoms. The zero-order valence-electron chi connectivity index (χ0n) is 10.5. The van der Waals surface area contributed by atoms with E-state index in [1.807, 2.05) is 6.07 Å². The molecule has 4 heteroatoms. The lowest BCUT2D eigenvalue weighted by atomic mass is 10.2. The molecule has 0 fully saturated rings. The standard InChI is InChI=1S/C13H19BrFNO/c1-10(2)16(6-7-17-3)9-11-4-5-12(15)8-13(11)14/h4-5,8,10H,6-7,9H2,1-3H3. The zero-order chi connectivity index (χ0) is 12.8. The third kappa shape index (κ3) is 4.74. The van der Waals surface area contributed by atoms with Gasteiger partial charge in [0.2, 0.25) is 0 Å². The fourth-order valence-electron chi connectivity index (χ4n) is 1.60. The van der Waals surface area contributed by atoms with E-state index >= 15 is 0 Å². The molecule has 0 bridgehead atoms. The summed E-state index contributed by atoms with van der Waals surface area (Å²) in [5, 5.41) is 0. The van der Waals surface area contributed by atoms with Crippen LogP contribution in [0.1, 0.15) is 19.4 Å². The molecule has 0 aliphatic rings. The van der Waals surface area contributed by atoms with E-state index in [4.69, 9.17) is 4.74 Å². The van der Waals surface area contributed by atoms with Gasteiger partial charge in [0.1, 0.15) is 5.82 Å². The van der Waals surface area contributed by atoms with Crippen molar-refractivity contribution in [1.82, 2.24) is 4.90 Å². The largest absolute Gasteiger partial charge is 0.383 e. The predicted octanol–water partition coefficient (Wildman–Crippen LogP) is 3.45. The molecule has 1 aromatic rings. The molecule has 1 rings (SSSR count). The third-order valence-electron chi connectivity index (χ3n) is 2.70. The molecule has 0 aromatic heterocycles. The van der Waals surface area contributed by atoms with Crippen LogP contribution in [0.3, 0.4) is 0 Å². The number of methoxy groups -OCH3 is 1. The van der Waals surface area contributed by atoms with E-state index in [-0.39, 0.29) is 5.82 Å². The molecule has 1 aromatic carbocycles. The first kappa shape index (κ1) is 14.6. The van der Waals surface area contributed by atoms with Crippen LogP contribution in [0.4, 0.5) is 4.39 Å². The first-order chi connectivity index (χ1) is 8.04. The van der Waals surface area contributed by atoms with Crippen molar-refractivity contribution in [3.63, 3.8) is 0 Å². The molecule has 0 aliphatic heterocycles. The average Bonchev–Trinajstić information content (AvgIpc) is 2.26. The topological polar surface area (TPSA) is 12.5 Å². The summed E-state index contributed by atoms with van der Waals surface area (Å²) in [5.41, 5.74) is 1.09. The number of nitrogens with zero attached hydrogens (tertiary/aromatic N) is 1. The van der Waals surface area contributed by atoms with E-state index in [1.165, 1.54) is 12.1 Å². The van der Waals surface area contributed by atoms with Gasteiger partial charge in [-0.3, -0.25) is 4.90 Å². The van der Waals surface area contributed by atoms with Crippen molar-refractivity contribution in [2.75, 3.05) is 20.3 Å². The Balaban J connectivity index is 2.71. The highest BCUT2D eigenvalue weighted by Crippen LogP contribution is 2.20. The summed E-state index contributed by atoms with van der Waals surface area (Å²) in [5.74, 6) is -0.214. The van der Waals surface area contributed by atoms with Gasteiger partial charge in [-0.25, -0.2) is 4.39 Å². The molecule has 0 amide bonds. The second-order valence-electron chi connectivity index (χ2n) is 4.29. The van der Waals surface area contributed by atoms with Gasteiger partial charge >= 0.3 is 0 Å². The van der Waals surface area contributed by atoms with Crippen LogP contribution in [-0.2, 0) is 11.3 Å². The highest BCUT2D eigenvalue weighted by molar-refractivity contribution is 9.10. The van der Waals surface area contributed by atoms with Crippen LogP contribution in [0, 0.1) is 5.82 Å². The smallest absolute Gasteiger partial charge is 0.124 e. The van der Waals surface area contributed by atoms with Gasteiger partial charge in [-0.15, -0.1) is 0 Å². The van der Waals surface area contributed by atoms with Crippen LogP contribution in [0.25, 0.3) is 0 Å². The average molecular weight is 304 g/mol. The van der Waals surface area contributed by atoms with E-state index in [0.29, 0.717) is 12.6 Å². The Hall–Kier alpha value is -0.450. The van der Waals surface area contributed by atoms with Crippen molar-refractivity contribution < 1.29 is 9.13 Å². The number of hydrogen-bond acceptors (Lipinski definition) is 2. The lowest BCUT2D eigenvalue weighted by Crippen LogP contribution is -2.33. The fraction of sp³-hybridized carbons (Fsp3) is 0.538. The van der Waals surface area contributed by atoms with E-state index in [9.17, 15) is 4.39 Å². The van der Waals surface area contributed by atoms with Crippen molar-refractivity contribution in [3.8, 4) is 0 Å². The first-order valence-electron chi connectivity index (χ1n) is 5.71. The number of hydrogen-bond donors (Lipinski definition) is 0. The molecule has 0 saturated carbocycles. The molecule has 0 saturated heterocycles. The minimum Gasteiger partial charge on any atom is -0.383 e. The summed E-state index contributed by atoms with van der Waals surface area (Å²) in [6.45, 7) is 6.66. The summed E-state index contributed by atoms with van der Waals surface area (Å²) in [4.78, 5) is 2.29. The van der Waals surface area contributed by atoms with Crippen LogP contribution in [0.15, 0.2) is 22.7 Å². The molecule has 0 unspecified atom stereocenters. The van der Waals surface area contributed by atoms with Crippen molar-refractivity contribution in [2.24, 2.45) is 0 Å². The Morgan fingerprint density at radius 2 is 2.12 bits per heavy atom. The molecule has 0 aliphatic carbocycles. The maximum absolute atomic E-state index is 13.0. The maximum atomic E-state index is 13.0. The van der Waals surface area contributed by atoms with Crippen molar-refractivity contribution in [1.29, 1.82) is 0 Å². The molecule has 0 heterocycles. The highest BCUT2D eigenvalue weighted by Gasteiger charge is 2.11. The fourth-order valence-corrected chi connectivity index (χ4v) is 2.07. The summed E-state index contributed by atoms with van der Waals surface area (Å²) < 4.78 is 18.9.